The van der Waals surface area contributed by atoms with Crippen LogP contribution in [0.3, 0.4) is 0 Å². The Kier molecular flexibility index (Phi) is 11.1. The molecule has 6 nitrogen and oxygen atoms in total. The lowest BCUT2D eigenvalue weighted by Gasteiger charge is -2.32. The van der Waals surface area contributed by atoms with Gasteiger partial charge in [-0.25, -0.2) is 4.39 Å². The normalized spacial score (nSPS) is 11.5. The van der Waals surface area contributed by atoms with Gasteiger partial charge in [0.1, 0.15) is 11.9 Å². The van der Waals surface area contributed by atoms with E-state index in [2.05, 4.69) is 12.2 Å². The van der Waals surface area contributed by atoms with Gasteiger partial charge in [0, 0.05) is 19.5 Å². The lowest BCUT2D eigenvalue weighted by molar-refractivity contribution is -0.140. The molecule has 7 heteroatoms. The molecule has 0 aliphatic heterocycles. The number of amides is 2. The zero-order valence-corrected chi connectivity index (χ0v) is 22.4. The molecule has 0 spiro atoms. The van der Waals surface area contributed by atoms with E-state index in [4.69, 9.17) is 9.47 Å². The zero-order chi connectivity index (χ0) is 27.3. The van der Waals surface area contributed by atoms with Crippen LogP contribution in [0.2, 0.25) is 0 Å². The number of nitrogens with one attached hydrogen (secondary N) is 1. The van der Waals surface area contributed by atoms with Crippen LogP contribution in [0.25, 0.3) is 0 Å². The highest BCUT2D eigenvalue weighted by Gasteiger charge is 2.30. The minimum absolute atomic E-state index is 0.0654. The van der Waals surface area contributed by atoms with E-state index in [-0.39, 0.29) is 30.6 Å². The Morgan fingerprint density at radius 3 is 2.21 bits per heavy atom. The summed E-state index contributed by atoms with van der Waals surface area (Å²) in [5, 5.41) is 3.04. The number of rotatable bonds is 14. The number of hydrogen-bond acceptors (Lipinski definition) is 4. The molecule has 1 N–H and O–H groups in total. The lowest BCUT2D eigenvalue weighted by atomic mass is 10.0. The lowest BCUT2D eigenvalue weighted by Crippen LogP contribution is -2.51. The van der Waals surface area contributed by atoms with E-state index in [1.54, 1.807) is 43.4 Å². The summed E-state index contributed by atoms with van der Waals surface area (Å²) in [5.41, 5.74) is 2.42. The monoisotopic (exact) mass is 520 g/mol. The van der Waals surface area contributed by atoms with Gasteiger partial charge in [0.15, 0.2) is 11.5 Å². The van der Waals surface area contributed by atoms with E-state index in [1.165, 1.54) is 12.1 Å². The van der Waals surface area contributed by atoms with E-state index < -0.39 is 6.04 Å². The van der Waals surface area contributed by atoms with Crippen LogP contribution in [0, 0.1) is 5.82 Å². The molecule has 1 atom stereocenters. The van der Waals surface area contributed by atoms with Gasteiger partial charge in [-0.2, -0.15) is 0 Å². The van der Waals surface area contributed by atoms with Crippen LogP contribution < -0.4 is 14.8 Å². The van der Waals surface area contributed by atoms with Gasteiger partial charge in [-0.1, -0.05) is 68.3 Å². The second kappa shape index (κ2) is 14.8. The molecule has 38 heavy (non-hydrogen) atoms. The third-order valence-corrected chi connectivity index (χ3v) is 6.42. The van der Waals surface area contributed by atoms with Gasteiger partial charge in [0.05, 0.1) is 20.6 Å². The Balaban J connectivity index is 1.93. The molecule has 0 saturated heterocycles. The summed E-state index contributed by atoms with van der Waals surface area (Å²) in [7, 11) is 3.10. The SMILES string of the molecule is CCCCCNC(=O)C(Cc1ccccc1)N(Cc1ccc(F)cc1)C(=O)Cc1ccc(OC)c(OC)c1. The third-order valence-electron chi connectivity index (χ3n) is 6.42. The summed E-state index contributed by atoms with van der Waals surface area (Å²) in [6.45, 7) is 2.83. The quantitative estimate of drug-likeness (QED) is 0.292. The van der Waals surface area contributed by atoms with Crippen LogP contribution >= 0.6 is 0 Å². The molecule has 0 heterocycles. The van der Waals surface area contributed by atoms with Crippen molar-refractivity contribution >= 4 is 11.8 Å². The summed E-state index contributed by atoms with van der Waals surface area (Å²) in [4.78, 5) is 29.0. The van der Waals surface area contributed by atoms with Crippen molar-refractivity contribution in [2.75, 3.05) is 20.8 Å². The van der Waals surface area contributed by atoms with Crippen LogP contribution in [0.15, 0.2) is 72.8 Å². The molecule has 1 unspecified atom stereocenters. The van der Waals surface area contributed by atoms with Gasteiger partial charge < -0.3 is 19.7 Å². The Labute approximate surface area is 224 Å². The van der Waals surface area contributed by atoms with Gasteiger partial charge in [0.25, 0.3) is 0 Å². The van der Waals surface area contributed by atoms with Crippen molar-refractivity contribution < 1.29 is 23.5 Å². The molecule has 3 aromatic rings. The van der Waals surface area contributed by atoms with Crippen molar-refractivity contribution in [3.05, 3.63) is 95.3 Å². The van der Waals surface area contributed by atoms with Crippen molar-refractivity contribution in [2.45, 2.75) is 51.6 Å². The first kappa shape index (κ1) is 28.7. The van der Waals surface area contributed by atoms with Crippen molar-refractivity contribution in [3.63, 3.8) is 0 Å². The Hall–Kier alpha value is -3.87. The van der Waals surface area contributed by atoms with Gasteiger partial charge in [0.2, 0.25) is 11.8 Å². The number of halogens is 1. The van der Waals surface area contributed by atoms with Crippen LogP contribution in [-0.2, 0) is 29.0 Å². The standard InChI is InChI=1S/C31H37FN2O4/c1-4-5-9-18-33-31(36)27(19-23-10-7-6-8-11-23)34(22-24-12-15-26(32)16-13-24)30(35)21-25-14-17-28(37-2)29(20-25)38-3/h6-8,10-17,20,27H,4-5,9,18-19,21-22H2,1-3H3,(H,33,36). The fourth-order valence-electron chi connectivity index (χ4n) is 4.31. The molecule has 3 rings (SSSR count). The molecule has 2 amide bonds. The summed E-state index contributed by atoms with van der Waals surface area (Å²) < 4.78 is 24.3. The van der Waals surface area contributed by atoms with Crippen molar-refractivity contribution in [1.29, 1.82) is 0 Å². The first-order chi connectivity index (χ1) is 18.4. The van der Waals surface area contributed by atoms with E-state index in [9.17, 15) is 14.0 Å². The number of carbonyl (C=O) groups excluding carboxylic acids is 2. The molecular formula is C31H37FN2O4. The van der Waals surface area contributed by atoms with Crippen LogP contribution in [-0.4, -0.2) is 43.5 Å². The molecule has 0 radical (unpaired) electrons. The molecule has 0 fully saturated rings. The van der Waals surface area contributed by atoms with Crippen molar-refractivity contribution in [3.8, 4) is 11.5 Å². The number of ether oxygens (including phenoxy) is 2. The summed E-state index contributed by atoms with van der Waals surface area (Å²) in [5.74, 6) is 0.322. The molecule has 0 aliphatic carbocycles. The average Bonchev–Trinajstić information content (AvgIpc) is 2.94. The topological polar surface area (TPSA) is 67.9 Å². The summed E-state index contributed by atoms with van der Waals surface area (Å²) >= 11 is 0. The predicted octanol–water partition coefficient (Wildman–Crippen LogP) is 5.33. The first-order valence-electron chi connectivity index (χ1n) is 13.0. The van der Waals surface area contributed by atoms with Crippen LogP contribution in [0.5, 0.6) is 11.5 Å². The fraction of sp³-hybridized carbons (Fsp3) is 0.355. The van der Waals surface area contributed by atoms with Gasteiger partial charge in [-0.05, 0) is 47.4 Å². The number of unbranched alkanes of at least 4 members (excludes halogenated alkanes) is 2. The molecule has 0 aromatic heterocycles. The number of nitrogens with zero attached hydrogens (tertiary/aromatic N) is 1. The number of benzene rings is 3. The molecular weight excluding hydrogens is 483 g/mol. The molecule has 0 bridgehead atoms. The van der Waals surface area contributed by atoms with Crippen molar-refractivity contribution in [1.82, 2.24) is 10.2 Å². The predicted molar refractivity (Wildman–Crippen MR) is 147 cm³/mol. The van der Waals surface area contributed by atoms with Gasteiger partial charge in [-0.15, -0.1) is 0 Å². The smallest absolute Gasteiger partial charge is 0.243 e. The largest absolute Gasteiger partial charge is 0.493 e. The average molecular weight is 521 g/mol. The number of methoxy groups -OCH3 is 2. The fourth-order valence-corrected chi connectivity index (χ4v) is 4.31. The summed E-state index contributed by atoms with van der Waals surface area (Å²) in [6, 6.07) is 20.3. The number of hydrogen-bond donors (Lipinski definition) is 1. The van der Waals surface area contributed by atoms with Crippen molar-refractivity contribution in [2.24, 2.45) is 0 Å². The molecule has 202 valence electrons. The summed E-state index contributed by atoms with van der Waals surface area (Å²) in [6.07, 6.45) is 3.36. The van der Waals surface area contributed by atoms with Gasteiger partial charge in [-0.3, -0.25) is 9.59 Å². The molecule has 0 aliphatic rings. The Bertz CT molecular complexity index is 1170. The van der Waals surface area contributed by atoms with E-state index in [0.717, 1.165) is 36.0 Å². The maximum Gasteiger partial charge on any atom is 0.243 e. The Morgan fingerprint density at radius 1 is 0.868 bits per heavy atom. The highest BCUT2D eigenvalue weighted by Crippen LogP contribution is 2.28. The molecule has 3 aromatic carbocycles. The second-order valence-corrected chi connectivity index (χ2v) is 9.22. The van der Waals surface area contributed by atoms with E-state index in [1.807, 2.05) is 36.4 Å². The highest BCUT2D eigenvalue weighted by molar-refractivity contribution is 5.88. The van der Waals surface area contributed by atoms with E-state index >= 15 is 0 Å². The minimum atomic E-state index is -0.739. The zero-order valence-electron chi connectivity index (χ0n) is 22.4. The maximum atomic E-state index is 13.9. The van der Waals surface area contributed by atoms with Gasteiger partial charge >= 0.3 is 0 Å². The minimum Gasteiger partial charge on any atom is -0.493 e. The van der Waals surface area contributed by atoms with E-state index in [0.29, 0.717) is 24.5 Å². The highest BCUT2D eigenvalue weighted by atomic mass is 19.1. The number of carbonyl (C=O) groups is 2. The second-order valence-electron chi connectivity index (χ2n) is 9.22. The maximum absolute atomic E-state index is 13.9. The van der Waals surface area contributed by atoms with Crippen LogP contribution in [0.4, 0.5) is 4.39 Å². The Morgan fingerprint density at radius 2 is 1.55 bits per heavy atom. The molecule has 0 saturated carbocycles. The third kappa shape index (κ3) is 8.33. The van der Waals surface area contributed by atoms with Crippen LogP contribution in [0.1, 0.15) is 42.9 Å². The first-order valence-corrected chi connectivity index (χ1v) is 13.0.